The lowest BCUT2D eigenvalue weighted by Gasteiger charge is -2.40. The van der Waals surface area contributed by atoms with E-state index in [2.05, 4.69) is 25.7 Å². The van der Waals surface area contributed by atoms with Crippen LogP contribution >= 0.6 is 0 Å². The lowest BCUT2D eigenvalue weighted by molar-refractivity contribution is -0.152. The Kier molecular flexibility index (Phi) is 4.82. The zero-order chi connectivity index (χ0) is 14.0. The highest BCUT2D eigenvalue weighted by molar-refractivity contribution is 5.76. The first-order valence-electron chi connectivity index (χ1n) is 6.97. The lowest BCUT2D eigenvalue weighted by Crippen LogP contribution is -2.45. The van der Waals surface area contributed by atoms with Crippen LogP contribution in [-0.2, 0) is 9.53 Å². The largest absolute Gasteiger partial charge is 0.469 e. The summed E-state index contributed by atoms with van der Waals surface area (Å²) >= 11 is 0. The molecule has 1 fully saturated rings. The van der Waals surface area contributed by atoms with E-state index in [0.717, 1.165) is 25.6 Å². The van der Waals surface area contributed by atoms with Crippen LogP contribution in [0.1, 0.15) is 47.5 Å². The number of ether oxygens (including phenoxy) is 1. The number of nitrogens with zero attached hydrogens (tertiary/aromatic N) is 1. The summed E-state index contributed by atoms with van der Waals surface area (Å²) in [5.74, 6) is 0.690. The van der Waals surface area contributed by atoms with Gasteiger partial charge in [0.2, 0.25) is 0 Å². The molecule has 1 saturated heterocycles. The van der Waals surface area contributed by atoms with Gasteiger partial charge in [-0.3, -0.25) is 4.79 Å². The second kappa shape index (κ2) is 5.60. The molecule has 0 bridgehead atoms. The van der Waals surface area contributed by atoms with Crippen molar-refractivity contribution in [2.45, 2.75) is 47.5 Å². The van der Waals surface area contributed by atoms with Gasteiger partial charge in [0, 0.05) is 6.54 Å². The van der Waals surface area contributed by atoms with Gasteiger partial charge in [0.05, 0.1) is 12.5 Å². The maximum Gasteiger partial charge on any atom is 0.312 e. The molecule has 0 amide bonds. The van der Waals surface area contributed by atoms with Crippen molar-refractivity contribution in [2.75, 3.05) is 26.7 Å². The summed E-state index contributed by atoms with van der Waals surface area (Å²) in [5.41, 5.74) is 0.00722. The van der Waals surface area contributed by atoms with Crippen molar-refractivity contribution in [3.63, 3.8) is 0 Å². The van der Waals surface area contributed by atoms with Gasteiger partial charge >= 0.3 is 5.97 Å². The summed E-state index contributed by atoms with van der Waals surface area (Å²) in [4.78, 5) is 14.1. The van der Waals surface area contributed by atoms with Crippen molar-refractivity contribution in [3.8, 4) is 0 Å². The third-order valence-electron chi connectivity index (χ3n) is 4.17. The Bertz CT molecular complexity index is 283. The van der Waals surface area contributed by atoms with E-state index < -0.39 is 5.41 Å². The summed E-state index contributed by atoms with van der Waals surface area (Å²) in [6.07, 6.45) is 2.47. The highest BCUT2D eigenvalue weighted by Gasteiger charge is 2.34. The van der Waals surface area contributed by atoms with Gasteiger partial charge in [0.15, 0.2) is 0 Å². The molecule has 0 aromatic rings. The number of esters is 1. The van der Waals surface area contributed by atoms with Crippen LogP contribution in [0.25, 0.3) is 0 Å². The molecule has 1 heterocycles. The smallest absolute Gasteiger partial charge is 0.312 e. The third kappa shape index (κ3) is 3.98. The molecule has 3 heteroatoms. The van der Waals surface area contributed by atoms with Crippen LogP contribution in [0.15, 0.2) is 0 Å². The third-order valence-corrected chi connectivity index (χ3v) is 4.17. The molecule has 3 nitrogen and oxygen atoms in total. The van der Waals surface area contributed by atoms with Crippen LogP contribution in [0.4, 0.5) is 0 Å². The standard InChI is InChI=1S/C15H29NO2/c1-14(2,3)12-7-9-16(10-8-12)11-15(4,5)13(17)18-6/h12H,7-11H2,1-6H3. The molecule has 0 unspecified atom stereocenters. The minimum atomic E-state index is -0.399. The van der Waals surface area contributed by atoms with Crippen LogP contribution in [-0.4, -0.2) is 37.6 Å². The minimum Gasteiger partial charge on any atom is -0.469 e. The normalized spacial score (nSPS) is 19.9. The second-order valence-corrected chi connectivity index (χ2v) is 7.29. The van der Waals surface area contributed by atoms with Gasteiger partial charge in [-0.05, 0) is 51.1 Å². The number of methoxy groups -OCH3 is 1. The zero-order valence-electron chi connectivity index (χ0n) is 12.9. The molecular formula is C15H29NO2. The van der Waals surface area contributed by atoms with Crippen LogP contribution in [0.3, 0.4) is 0 Å². The fourth-order valence-corrected chi connectivity index (χ4v) is 2.86. The SMILES string of the molecule is COC(=O)C(C)(C)CN1CCC(C(C)(C)C)CC1. The molecule has 1 aliphatic rings. The van der Waals surface area contributed by atoms with Crippen molar-refractivity contribution in [2.24, 2.45) is 16.7 Å². The molecule has 106 valence electrons. The van der Waals surface area contributed by atoms with Gasteiger partial charge in [-0.1, -0.05) is 20.8 Å². The summed E-state index contributed by atoms with van der Waals surface area (Å²) < 4.78 is 4.87. The number of rotatable bonds is 3. The average Bonchev–Trinajstić information content (AvgIpc) is 2.26. The Morgan fingerprint density at radius 1 is 1.17 bits per heavy atom. The van der Waals surface area contributed by atoms with Gasteiger partial charge < -0.3 is 9.64 Å². The summed E-state index contributed by atoms with van der Waals surface area (Å²) in [5, 5.41) is 0. The molecule has 0 aromatic carbocycles. The van der Waals surface area contributed by atoms with E-state index in [9.17, 15) is 4.79 Å². The van der Waals surface area contributed by atoms with Gasteiger partial charge in [-0.2, -0.15) is 0 Å². The number of carbonyl (C=O) groups excluding carboxylic acids is 1. The summed E-state index contributed by atoms with van der Waals surface area (Å²) in [6, 6.07) is 0. The molecule has 0 aliphatic carbocycles. The van der Waals surface area contributed by atoms with E-state index in [1.165, 1.54) is 20.0 Å². The van der Waals surface area contributed by atoms with Gasteiger partial charge in [-0.25, -0.2) is 0 Å². The van der Waals surface area contributed by atoms with Crippen molar-refractivity contribution in [1.29, 1.82) is 0 Å². The molecule has 1 aliphatic heterocycles. The van der Waals surface area contributed by atoms with Crippen molar-refractivity contribution < 1.29 is 9.53 Å². The molecule has 18 heavy (non-hydrogen) atoms. The topological polar surface area (TPSA) is 29.5 Å². The van der Waals surface area contributed by atoms with Crippen LogP contribution in [0.5, 0.6) is 0 Å². The van der Waals surface area contributed by atoms with E-state index in [-0.39, 0.29) is 5.97 Å². The van der Waals surface area contributed by atoms with Crippen molar-refractivity contribution in [1.82, 2.24) is 4.90 Å². The molecule has 0 spiro atoms. The predicted octanol–water partition coefficient (Wildman–Crippen LogP) is 2.94. The molecule has 0 saturated carbocycles. The monoisotopic (exact) mass is 255 g/mol. The maximum absolute atomic E-state index is 11.7. The summed E-state index contributed by atoms with van der Waals surface area (Å²) in [6.45, 7) is 13.9. The Morgan fingerprint density at radius 3 is 2.06 bits per heavy atom. The Labute approximate surface area is 112 Å². The minimum absolute atomic E-state index is 0.111. The second-order valence-electron chi connectivity index (χ2n) is 7.29. The highest BCUT2D eigenvalue weighted by atomic mass is 16.5. The Balaban J connectivity index is 2.47. The van der Waals surface area contributed by atoms with Crippen LogP contribution < -0.4 is 0 Å². The zero-order valence-corrected chi connectivity index (χ0v) is 12.9. The number of hydrogen-bond donors (Lipinski definition) is 0. The average molecular weight is 255 g/mol. The van der Waals surface area contributed by atoms with E-state index >= 15 is 0 Å². The van der Waals surface area contributed by atoms with Crippen LogP contribution in [0.2, 0.25) is 0 Å². The molecule has 1 rings (SSSR count). The maximum atomic E-state index is 11.7. The molecule has 0 N–H and O–H groups in total. The van der Waals surface area contributed by atoms with Crippen molar-refractivity contribution in [3.05, 3.63) is 0 Å². The first kappa shape index (κ1) is 15.5. The van der Waals surface area contributed by atoms with Gasteiger partial charge in [0.25, 0.3) is 0 Å². The fourth-order valence-electron chi connectivity index (χ4n) is 2.86. The van der Waals surface area contributed by atoms with E-state index in [1.807, 2.05) is 13.8 Å². The van der Waals surface area contributed by atoms with Gasteiger partial charge in [0.1, 0.15) is 0 Å². The van der Waals surface area contributed by atoms with Crippen LogP contribution in [0, 0.1) is 16.7 Å². The van der Waals surface area contributed by atoms with E-state index in [0.29, 0.717) is 5.41 Å². The predicted molar refractivity (Wildman–Crippen MR) is 74.4 cm³/mol. The first-order chi connectivity index (χ1) is 8.16. The fraction of sp³-hybridized carbons (Fsp3) is 0.933. The number of carbonyl (C=O) groups is 1. The molecule has 0 radical (unpaired) electrons. The van der Waals surface area contributed by atoms with E-state index in [1.54, 1.807) is 0 Å². The van der Waals surface area contributed by atoms with Gasteiger partial charge in [-0.15, -0.1) is 0 Å². The highest BCUT2D eigenvalue weighted by Crippen LogP contribution is 2.35. The Morgan fingerprint density at radius 2 is 1.67 bits per heavy atom. The number of likely N-dealkylation sites (tertiary alicyclic amines) is 1. The summed E-state index contributed by atoms with van der Waals surface area (Å²) in [7, 11) is 1.47. The van der Waals surface area contributed by atoms with E-state index in [4.69, 9.17) is 4.74 Å². The molecule has 0 aromatic heterocycles. The first-order valence-corrected chi connectivity index (χ1v) is 6.97. The molecular weight excluding hydrogens is 226 g/mol. The lowest BCUT2D eigenvalue weighted by atomic mass is 9.75. The molecule has 0 atom stereocenters. The quantitative estimate of drug-likeness (QED) is 0.726. The number of piperidine rings is 1. The Hall–Kier alpha value is -0.570. The van der Waals surface area contributed by atoms with Crippen molar-refractivity contribution >= 4 is 5.97 Å². The number of hydrogen-bond acceptors (Lipinski definition) is 3.